The predicted molar refractivity (Wildman–Crippen MR) is 88.5 cm³/mol. The summed E-state index contributed by atoms with van der Waals surface area (Å²) in [6, 6.07) is 10.7. The Labute approximate surface area is 130 Å². The average molecular weight is 292 g/mol. The Morgan fingerprint density at radius 2 is 2.00 bits per heavy atom. The molecule has 0 spiro atoms. The van der Waals surface area contributed by atoms with Crippen molar-refractivity contribution in [1.29, 1.82) is 0 Å². The minimum absolute atomic E-state index is 0.901. The van der Waals surface area contributed by atoms with Gasteiger partial charge in [-0.05, 0) is 18.1 Å². The maximum atomic E-state index is 4.50. The second-order valence-electron chi connectivity index (χ2n) is 5.87. The molecule has 2 aliphatic rings. The van der Waals surface area contributed by atoms with Crippen molar-refractivity contribution in [3.8, 4) is 0 Å². The van der Waals surface area contributed by atoms with Crippen LogP contribution in [0.15, 0.2) is 54.8 Å². The first kappa shape index (κ1) is 13.3. The molecule has 0 bridgehead atoms. The van der Waals surface area contributed by atoms with Gasteiger partial charge in [0.1, 0.15) is 0 Å². The number of hydrogen-bond acceptors (Lipinski definition) is 3. The van der Waals surface area contributed by atoms with Crippen LogP contribution >= 0.6 is 0 Å². The van der Waals surface area contributed by atoms with Gasteiger partial charge in [-0.15, -0.1) is 0 Å². The molecular formula is C18H20N4. The molecule has 1 aromatic heterocycles. The molecule has 4 heteroatoms. The van der Waals surface area contributed by atoms with Crippen LogP contribution in [0, 0.1) is 0 Å². The minimum Gasteiger partial charge on any atom is -0.327 e. The summed E-state index contributed by atoms with van der Waals surface area (Å²) < 4.78 is 0. The molecule has 0 aliphatic carbocycles. The zero-order valence-electron chi connectivity index (χ0n) is 12.6. The van der Waals surface area contributed by atoms with E-state index in [4.69, 9.17) is 0 Å². The van der Waals surface area contributed by atoms with Crippen LogP contribution in [-0.2, 0) is 19.5 Å². The van der Waals surface area contributed by atoms with Gasteiger partial charge in [0.05, 0.1) is 5.69 Å². The van der Waals surface area contributed by atoms with E-state index in [1.165, 1.54) is 16.8 Å². The Kier molecular flexibility index (Phi) is 3.52. The van der Waals surface area contributed by atoms with Crippen LogP contribution in [-0.4, -0.2) is 28.2 Å². The highest BCUT2D eigenvalue weighted by atomic mass is 15.3. The highest BCUT2D eigenvalue weighted by Gasteiger charge is 2.26. The van der Waals surface area contributed by atoms with Gasteiger partial charge in [0.25, 0.3) is 0 Å². The first-order chi connectivity index (χ1) is 10.9. The normalized spacial score (nSPS) is 17.2. The van der Waals surface area contributed by atoms with Gasteiger partial charge in [-0.2, -0.15) is 5.10 Å². The van der Waals surface area contributed by atoms with Gasteiger partial charge in [0.2, 0.25) is 0 Å². The second kappa shape index (κ2) is 5.81. The molecule has 0 saturated carbocycles. The zero-order chi connectivity index (χ0) is 14.8. The summed E-state index contributed by atoms with van der Waals surface area (Å²) in [5.41, 5.74) is 4.03. The van der Waals surface area contributed by atoms with Gasteiger partial charge < -0.3 is 4.90 Å². The number of nitrogens with one attached hydrogen (secondary N) is 1. The zero-order valence-corrected chi connectivity index (χ0v) is 12.6. The van der Waals surface area contributed by atoms with Gasteiger partial charge in [0.15, 0.2) is 5.82 Å². The fraction of sp³-hybridized carbons (Fsp3) is 0.278. The van der Waals surface area contributed by atoms with Gasteiger partial charge in [0, 0.05) is 37.9 Å². The van der Waals surface area contributed by atoms with Crippen molar-refractivity contribution < 1.29 is 0 Å². The largest absolute Gasteiger partial charge is 0.327 e. The van der Waals surface area contributed by atoms with Crippen molar-refractivity contribution in [2.24, 2.45) is 0 Å². The SMILES string of the molecule is C1=CCN(c2n[nH]c3c2CN(CCc2ccccc2)C3)C=C1. The highest BCUT2D eigenvalue weighted by Crippen LogP contribution is 2.30. The van der Waals surface area contributed by atoms with Gasteiger partial charge in [-0.1, -0.05) is 42.5 Å². The van der Waals surface area contributed by atoms with Crippen LogP contribution in [0.2, 0.25) is 0 Å². The molecule has 112 valence electrons. The van der Waals surface area contributed by atoms with Crippen molar-refractivity contribution in [3.05, 3.63) is 71.6 Å². The van der Waals surface area contributed by atoms with E-state index in [1.54, 1.807) is 0 Å². The smallest absolute Gasteiger partial charge is 0.159 e. The van der Waals surface area contributed by atoms with Crippen molar-refractivity contribution >= 4 is 5.82 Å². The summed E-state index contributed by atoms with van der Waals surface area (Å²) in [5, 5.41) is 7.72. The van der Waals surface area contributed by atoms with E-state index in [-0.39, 0.29) is 0 Å². The van der Waals surface area contributed by atoms with Gasteiger partial charge in [-0.25, -0.2) is 0 Å². The minimum atomic E-state index is 0.901. The molecule has 1 N–H and O–H groups in total. The van der Waals surface area contributed by atoms with Crippen LogP contribution in [0.3, 0.4) is 0 Å². The van der Waals surface area contributed by atoms with E-state index in [0.717, 1.165) is 38.4 Å². The lowest BCUT2D eigenvalue weighted by molar-refractivity contribution is 0.285. The first-order valence-corrected chi connectivity index (χ1v) is 7.82. The fourth-order valence-electron chi connectivity index (χ4n) is 3.14. The number of rotatable bonds is 4. The van der Waals surface area contributed by atoms with E-state index in [9.17, 15) is 0 Å². The molecule has 0 amide bonds. The number of aromatic nitrogens is 2. The number of nitrogens with zero attached hydrogens (tertiary/aromatic N) is 3. The predicted octanol–water partition coefficient (Wildman–Crippen LogP) is 2.86. The van der Waals surface area contributed by atoms with E-state index in [0.29, 0.717) is 0 Å². The second-order valence-corrected chi connectivity index (χ2v) is 5.87. The third-order valence-electron chi connectivity index (χ3n) is 4.34. The maximum absolute atomic E-state index is 4.50. The van der Waals surface area contributed by atoms with Crippen LogP contribution in [0.4, 0.5) is 5.82 Å². The van der Waals surface area contributed by atoms with Gasteiger partial charge >= 0.3 is 0 Å². The molecule has 2 aromatic rings. The number of anilines is 1. The lowest BCUT2D eigenvalue weighted by Crippen LogP contribution is -2.22. The van der Waals surface area contributed by atoms with Crippen molar-refractivity contribution in [2.75, 3.05) is 18.0 Å². The monoisotopic (exact) mass is 292 g/mol. The summed E-state index contributed by atoms with van der Waals surface area (Å²) >= 11 is 0. The third-order valence-corrected chi connectivity index (χ3v) is 4.34. The summed E-state index contributed by atoms with van der Waals surface area (Å²) in [4.78, 5) is 4.69. The number of allylic oxidation sites excluding steroid dienone is 2. The van der Waals surface area contributed by atoms with Crippen LogP contribution in [0.5, 0.6) is 0 Å². The molecule has 4 rings (SSSR count). The standard InChI is InChI=1S/C18H20N4/c1-3-7-15(8-4-1)9-12-21-13-16-17(14-21)19-20-18(16)22-10-5-2-6-11-22/h1-8,10H,9,11-14H2,(H,19,20). The van der Waals surface area contributed by atoms with Crippen LogP contribution in [0.25, 0.3) is 0 Å². The Bertz CT molecular complexity index is 699. The molecule has 2 aliphatic heterocycles. The van der Waals surface area contributed by atoms with Crippen LogP contribution in [0.1, 0.15) is 16.8 Å². The van der Waals surface area contributed by atoms with E-state index < -0.39 is 0 Å². The molecule has 0 saturated heterocycles. The Hall–Kier alpha value is -2.33. The number of H-pyrrole nitrogens is 1. The molecular weight excluding hydrogens is 272 g/mol. The average Bonchev–Trinajstić information content (AvgIpc) is 3.15. The molecule has 0 atom stereocenters. The fourth-order valence-corrected chi connectivity index (χ4v) is 3.14. The quantitative estimate of drug-likeness (QED) is 0.941. The Morgan fingerprint density at radius 3 is 2.82 bits per heavy atom. The molecule has 0 unspecified atom stereocenters. The number of aromatic amines is 1. The van der Waals surface area contributed by atoms with Gasteiger partial charge in [-0.3, -0.25) is 10.00 Å². The topological polar surface area (TPSA) is 35.2 Å². The Balaban J connectivity index is 1.42. The van der Waals surface area contributed by atoms with Crippen LogP contribution < -0.4 is 4.90 Å². The lowest BCUT2D eigenvalue weighted by Gasteiger charge is -2.20. The molecule has 1 aromatic carbocycles. The Morgan fingerprint density at radius 1 is 1.09 bits per heavy atom. The van der Waals surface area contributed by atoms with E-state index in [1.807, 2.05) is 0 Å². The lowest BCUT2D eigenvalue weighted by atomic mass is 10.1. The maximum Gasteiger partial charge on any atom is 0.159 e. The first-order valence-electron chi connectivity index (χ1n) is 7.82. The summed E-state index contributed by atoms with van der Waals surface area (Å²) in [7, 11) is 0. The molecule has 22 heavy (non-hydrogen) atoms. The molecule has 0 fully saturated rings. The molecule has 0 radical (unpaired) electrons. The summed E-state index contributed by atoms with van der Waals surface area (Å²) in [6.45, 7) is 3.95. The highest BCUT2D eigenvalue weighted by molar-refractivity contribution is 5.54. The van der Waals surface area contributed by atoms with Crippen molar-refractivity contribution in [1.82, 2.24) is 15.1 Å². The molecule has 3 heterocycles. The van der Waals surface area contributed by atoms with E-state index in [2.05, 4.69) is 74.8 Å². The van der Waals surface area contributed by atoms with Crippen molar-refractivity contribution in [2.45, 2.75) is 19.5 Å². The number of benzene rings is 1. The summed E-state index contributed by atoms with van der Waals surface area (Å²) in [6.07, 6.45) is 9.49. The summed E-state index contributed by atoms with van der Waals surface area (Å²) in [5.74, 6) is 1.08. The third kappa shape index (κ3) is 2.57. The van der Waals surface area contributed by atoms with E-state index >= 15 is 0 Å². The molecule has 4 nitrogen and oxygen atoms in total. The van der Waals surface area contributed by atoms with Crippen molar-refractivity contribution in [3.63, 3.8) is 0 Å². The number of fused-ring (bicyclic) bond motifs is 1. The number of hydrogen-bond donors (Lipinski definition) is 1.